The van der Waals surface area contributed by atoms with Gasteiger partial charge < -0.3 is 10.4 Å². The maximum absolute atomic E-state index is 7.01. The SMILES string of the molecule is CC/C=C\c1nc[nH]c1C=N. The van der Waals surface area contributed by atoms with E-state index < -0.39 is 0 Å². The second-order valence-electron chi connectivity index (χ2n) is 2.16. The molecule has 0 aromatic carbocycles. The molecule has 1 aromatic heterocycles. The first-order chi connectivity index (χ1) is 5.38. The number of aromatic amines is 1. The zero-order chi connectivity index (χ0) is 8.10. The molecule has 1 aromatic rings. The Morgan fingerprint density at radius 1 is 1.73 bits per heavy atom. The molecule has 0 unspecified atom stereocenters. The van der Waals surface area contributed by atoms with Crippen molar-refractivity contribution in [3.05, 3.63) is 23.8 Å². The van der Waals surface area contributed by atoms with Crippen LogP contribution in [0.15, 0.2) is 12.4 Å². The van der Waals surface area contributed by atoms with Gasteiger partial charge in [0.2, 0.25) is 0 Å². The molecule has 3 nitrogen and oxygen atoms in total. The van der Waals surface area contributed by atoms with Crippen molar-refractivity contribution in [1.29, 1.82) is 5.41 Å². The van der Waals surface area contributed by atoms with Gasteiger partial charge in [0.25, 0.3) is 0 Å². The third kappa shape index (κ3) is 1.77. The molecule has 1 heterocycles. The van der Waals surface area contributed by atoms with Gasteiger partial charge in [-0.2, -0.15) is 0 Å². The Balaban J connectivity index is 2.84. The van der Waals surface area contributed by atoms with E-state index in [1.165, 1.54) is 6.21 Å². The van der Waals surface area contributed by atoms with Crippen molar-refractivity contribution in [3.63, 3.8) is 0 Å². The Hall–Kier alpha value is -1.38. The van der Waals surface area contributed by atoms with E-state index in [0.29, 0.717) is 0 Å². The van der Waals surface area contributed by atoms with Gasteiger partial charge in [-0.05, 0) is 12.5 Å². The number of nitrogens with zero attached hydrogens (tertiary/aromatic N) is 1. The summed E-state index contributed by atoms with van der Waals surface area (Å²) in [6.45, 7) is 2.06. The fourth-order valence-corrected chi connectivity index (χ4v) is 0.793. The number of hydrogen-bond acceptors (Lipinski definition) is 2. The summed E-state index contributed by atoms with van der Waals surface area (Å²) in [4.78, 5) is 6.89. The number of rotatable bonds is 3. The first-order valence-electron chi connectivity index (χ1n) is 3.59. The predicted molar refractivity (Wildman–Crippen MR) is 45.8 cm³/mol. The Labute approximate surface area is 65.7 Å². The molecule has 0 aliphatic rings. The van der Waals surface area contributed by atoms with Gasteiger partial charge in [0.1, 0.15) is 0 Å². The summed E-state index contributed by atoms with van der Waals surface area (Å²) in [7, 11) is 0. The van der Waals surface area contributed by atoms with Crippen LogP contribution in [0, 0.1) is 5.41 Å². The number of H-pyrrole nitrogens is 1. The summed E-state index contributed by atoms with van der Waals surface area (Å²) in [6, 6.07) is 0. The maximum atomic E-state index is 7.01. The van der Waals surface area contributed by atoms with Gasteiger partial charge in [-0.1, -0.05) is 13.0 Å². The Morgan fingerprint density at radius 2 is 2.55 bits per heavy atom. The smallest absolute Gasteiger partial charge is 0.0932 e. The highest BCUT2D eigenvalue weighted by Gasteiger charge is 1.95. The fraction of sp³-hybridized carbons (Fsp3) is 0.250. The molecule has 58 valence electrons. The van der Waals surface area contributed by atoms with Crippen molar-refractivity contribution in [3.8, 4) is 0 Å². The lowest BCUT2D eigenvalue weighted by molar-refractivity contribution is 1.23. The molecular weight excluding hydrogens is 138 g/mol. The van der Waals surface area contributed by atoms with Gasteiger partial charge in [-0.25, -0.2) is 4.98 Å². The van der Waals surface area contributed by atoms with E-state index >= 15 is 0 Å². The average Bonchev–Trinajstić information content (AvgIpc) is 2.47. The lowest BCUT2D eigenvalue weighted by Gasteiger charge is -1.86. The van der Waals surface area contributed by atoms with Gasteiger partial charge in [-0.15, -0.1) is 0 Å². The van der Waals surface area contributed by atoms with Crippen LogP contribution < -0.4 is 0 Å². The topological polar surface area (TPSA) is 52.5 Å². The molecule has 0 fully saturated rings. The molecule has 0 aliphatic carbocycles. The number of nitrogens with one attached hydrogen (secondary N) is 2. The molecular formula is C8H11N3. The second kappa shape index (κ2) is 3.71. The van der Waals surface area contributed by atoms with Crippen LogP contribution in [0.3, 0.4) is 0 Å². The Bertz CT molecular complexity index is 260. The summed E-state index contributed by atoms with van der Waals surface area (Å²) >= 11 is 0. The maximum Gasteiger partial charge on any atom is 0.0932 e. The minimum absolute atomic E-state index is 0.759. The zero-order valence-corrected chi connectivity index (χ0v) is 6.46. The number of hydrogen-bond donors (Lipinski definition) is 2. The summed E-state index contributed by atoms with van der Waals surface area (Å²) in [5, 5.41) is 7.01. The molecule has 11 heavy (non-hydrogen) atoms. The standard InChI is InChI=1S/C8H11N3/c1-2-3-4-7-8(5-9)11-6-10-7/h3-6,9H,2H2,1H3,(H,10,11)/b4-3-,9-5?. The molecule has 0 amide bonds. The quantitative estimate of drug-likeness (QED) is 0.633. The van der Waals surface area contributed by atoms with Crippen molar-refractivity contribution in [2.45, 2.75) is 13.3 Å². The molecule has 0 radical (unpaired) electrons. The van der Waals surface area contributed by atoms with Crippen LogP contribution in [0.25, 0.3) is 6.08 Å². The lowest BCUT2D eigenvalue weighted by atomic mass is 10.3. The fourth-order valence-electron chi connectivity index (χ4n) is 0.793. The highest BCUT2D eigenvalue weighted by Crippen LogP contribution is 2.02. The molecule has 0 saturated heterocycles. The predicted octanol–water partition coefficient (Wildman–Crippen LogP) is 1.83. The van der Waals surface area contributed by atoms with Crippen molar-refractivity contribution in [2.24, 2.45) is 0 Å². The van der Waals surface area contributed by atoms with Crippen LogP contribution in [-0.4, -0.2) is 16.2 Å². The van der Waals surface area contributed by atoms with Crippen LogP contribution in [0.5, 0.6) is 0 Å². The monoisotopic (exact) mass is 149 g/mol. The van der Waals surface area contributed by atoms with Crippen LogP contribution in [0.4, 0.5) is 0 Å². The number of aromatic nitrogens is 2. The largest absolute Gasteiger partial charge is 0.343 e. The second-order valence-corrected chi connectivity index (χ2v) is 2.16. The summed E-state index contributed by atoms with van der Waals surface area (Å²) in [6.07, 6.45) is 7.78. The van der Waals surface area contributed by atoms with Crippen LogP contribution in [0.1, 0.15) is 24.7 Å². The van der Waals surface area contributed by atoms with Gasteiger partial charge in [0.15, 0.2) is 0 Å². The van der Waals surface area contributed by atoms with E-state index in [-0.39, 0.29) is 0 Å². The van der Waals surface area contributed by atoms with Crippen LogP contribution in [-0.2, 0) is 0 Å². The molecule has 0 spiro atoms. The molecule has 0 aliphatic heterocycles. The Morgan fingerprint density at radius 3 is 3.18 bits per heavy atom. The van der Waals surface area contributed by atoms with E-state index in [4.69, 9.17) is 5.41 Å². The van der Waals surface area contributed by atoms with Crippen LogP contribution in [0.2, 0.25) is 0 Å². The third-order valence-electron chi connectivity index (χ3n) is 1.36. The van der Waals surface area contributed by atoms with E-state index in [0.717, 1.165) is 17.8 Å². The van der Waals surface area contributed by atoms with Crippen molar-refractivity contribution in [1.82, 2.24) is 9.97 Å². The highest BCUT2D eigenvalue weighted by atomic mass is 14.9. The molecule has 0 saturated carbocycles. The van der Waals surface area contributed by atoms with Crippen molar-refractivity contribution < 1.29 is 0 Å². The van der Waals surface area contributed by atoms with Gasteiger partial charge in [0, 0.05) is 6.21 Å². The molecule has 1 rings (SSSR count). The normalized spacial score (nSPS) is 10.6. The zero-order valence-electron chi connectivity index (χ0n) is 6.46. The Kier molecular flexibility index (Phi) is 2.60. The van der Waals surface area contributed by atoms with E-state index in [1.807, 2.05) is 12.2 Å². The van der Waals surface area contributed by atoms with Gasteiger partial charge in [0.05, 0.1) is 17.7 Å². The van der Waals surface area contributed by atoms with E-state index in [1.54, 1.807) is 6.33 Å². The van der Waals surface area contributed by atoms with E-state index in [2.05, 4.69) is 16.9 Å². The molecule has 0 atom stereocenters. The summed E-state index contributed by atoms with van der Waals surface area (Å²) < 4.78 is 0. The summed E-state index contributed by atoms with van der Waals surface area (Å²) in [5.74, 6) is 0. The number of imidazole rings is 1. The van der Waals surface area contributed by atoms with Crippen LogP contribution >= 0.6 is 0 Å². The summed E-state index contributed by atoms with van der Waals surface area (Å²) in [5.41, 5.74) is 1.59. The van der Waals surface area contributed by atoms with Gasteiger partial charge >= 0.3 is 0 Å². The highest BCUT2D eigenvalue weighted by molar-refractivity contribution is 5.79. The molecule has 2 N–H and O–H groups in total. The molecule has 0 bridgehead atoms. The minimum Gasteiger partial charge on any atom is -0.343 e. The van der Waals surface area contributed by atoms with E-state index in [9.17, 15) is 0 Å². The minimum atomic E-state index is 0.759. The lowest BCUT2D eigenvalue weighted by Crippen LogP contribution is -1.82. The number of allylic oxidation sites excluding steroid dienone is 1. The third-order valence-corrected chi connectivity index (χ3v) is 1.36. The van der Waals surface area contributed by atoms with Crippen molar-refractivity contribution in [2.75, 3.05) is 0 Å². The first-order valence-corrected chi connectivity index (χ1v) is 3.59. The molecule has 3 heteroatoms. The van der Waals surface area contributed by atoms with Crippen molar-refractivity contribution >= 4 is 12.3 Å². The van der Waals surface area contributed by atoms with Gasteiger partial charge in [-0.3, -0.25) is 0 Å². The first kappa shape index (κ1) is 7.72. The average molecular weight is 149 g/mol.